The van der Waals surface area contributed by atoms with Gasteiger partial charge in [-0.05, 0) is 6.92 Å². The van der Waals surface area contributed by atoms with E-state index in [4.69, 9.17) is 0 Å². The van der Waals surface area contributed by atoms with E-state index in [1.165, 1.54) is 16.9 Å². The van der Waals surface area contributed by atoms with Crippen LogP contribution in [0.25, 0.3) is 0 Å². The number of rotatable bonds is 5. The number of nitrogens with one attached hydrogen (secondary N) is 2. The van der Waals surface area contributed by atoms with Gasteiger partial charge in [-0.1, -0.05) is 0 Å². The van der Waals surface area contributed by atoms with Gasteiger partial charge in [0.05, 0.1) is 22.4 Å². The third-order valence-electron chi connectivity index (χ3n) is 2.64. The van der Waals surface area contributed by atoms with Crippen molar-refractivity contribution in [2.45, 2.75) is 6.92 Å². The minimum atomic E-state index is -0.594. The Morgan fingerprint density at radius 3 is 2.81 bits per heavy atom. The van der Waals surface area contributed by atoms with Gasteiger partial charge in [0.15, 0.2) is 0 Å². The highest BCUT2D eigenvalue weighted by Crippen LogP contribution is 2.20. The molecule has 0 aromatic carbocycles. The molecule has 0 radical (unpaired) electrons. The maximum atomic E-state index is 12.2. The number of aryl methyl sites for hydroxylation is 1. The van der Waals surface area contributed by atoms with Crippen LogP contribution in [0.1, 0.15) is 17.3 Å². The first kappa shape index (κ1) is 14.4. The number of nitrogens with zero attached hydrogens (tertiary/aromatic N) is 4. The molecule has 0 saturated heterocycles. The number of carbonyl (C=O) groups excluding carboxylic acids is 1. The number of amides is 1. The molecule has 2 rings (SSSR count). The van der Waals surface area contributed by atoms with E-state index in [9.17, 15) is 14.9 Å². The molecule has 0 aliphatic heterocycles. The minimum Gasteiger partial charge on any atom is -0.370 e. The van der Waals surface area contributed by atoms with Crippen molar-refractivity contribution < 1.29 is 9.72 Å². The summed E-state index contributed by atoms with van der Waals surface area (Å²) in [5.41, 5.74) is 0.361. The third kappa shape index (κ3) is 3.32. The lowest BCUT2D eigenvalue weighted by Crippen LogP contribution is -2.16. The van der Waals surface area contributed by atoms with E-state index in [0.29, 0.717) is 18.1 Å². The van der Waals surface area contributed by atoms with Crippen LogP contribution in [0.2, 0.25) is 0 Å². The van der Waals surface area contributed by atoms with Crippen LogP contribution in [-0.2, 0) is 7.05 Å². The monoisotopic (exact) mass is 290 g/mol. The smallest absolute Gasteiger partial charge is 0.288 e. The lowest BCUT2D eigenvalue weighted by molar-refractivity contribution is -0.385. The molecule has 21 heavy (non-hydrogen) atoms. The first-order chi connectivity index (χ1) is 10.0. The molecule has 2 heterocycles. The summed E-state index contributed by atoms with van der Waals surface area (Å²) in [4.78, 5) is 26.4. The Kier molecular flexibility index (Phi) is 4.12. The van der Waals surface area contributed by atoms with Crippen molar-refractivity contribution >= 4 is 23.1 Å². The molecular formula is C12H14N6O3. The topological polar surface area (TPSA) is 115 Å². The van der Waals surface area contributed by atoms with Gasteiger partial charge in [-0.25, -0.2) is 4.98 Å². The molecule has 0 atom stereocenters. The summed E-state index contributed by atoms with van der Waals surface area (Å²) in [6.45, 7) is 2.38. The van der Waals surface area contributed by atoms with Crippen molar-refractivity contribution in [2.75, 3.05) is 17.2 Å². The zero-order valence-electron chi connectivity index (χ0n) is 11.5. The van der Waals surface area contributed by atoms with Gasteiger partial charge in [-0.2, -0.15) is 5.10 Å². The SMILES string of the molecule is CCNc1ncc([N+](=O)[O-])cc1C(=O)Nc1cnn(C)c1. The van der Waals surface area contributed by atoms with Crippen LogP contribution in [0.15, 0.2) is 24.7 Å². The van der Waals surface area contributed by atoms with Crippen LogP contribution < -0.4 is 10.6 Å². The highest BCUT2D eigenvalue weighted by molar-refractivity contribution is 6.07. The molecule has 0 spiro atoms. The molecule has 2 aromatic rings. The molecule has 0 bridgehead atoms. The maximum absolute atomic E-state index is 12.2. The van der Waals surface area contributed by atoms with E-state index in [1.807, 2.05) is 6.92 Å². The quantitative estimate of drug-likeness (QED) is 0.635. The number of nitro groups is 1. The Morgan fingerprint density at radius 1 is 1.48 bits per heavy atom. The number of anilines is 2. The fourth-order valence-corrected chi connectivity index (χ4v) is 1.72. The second-order valence-electron chi connectivity index (χ2n) is 4.23. The lowest BCUT2D eigenvalue weighted by Gasteiger charge is -2.09. The van der Waals surface area contributed by atoms with E-state index in [1.54, 1.807) is 13.2 Å². The van der Waals surface area contributed by atoms with Crippen molar-refractivity contribution in [1.82, 2.24) is 14.8 Å². The van der Waals surface area contributed by atoms with E-state index < -0.39 is 10.8 Å². The van der Waals surface area contributed by atoms with Crippen LogP contribution in [0.4, 0.5) is 17.2 Å². The van der Waals surface area contributed by atoms with Crippen molar-refractivity contribution in [3.05, 3.63) is 40.3 Å². The molecule has 110 valence electrons. The average molecular weight is 290 g/mol. The van der Waals surface area contributed by atoms with Crippen molar-refractivity contribution in [1.29, 1.82) is 0 Å². The van der Waals surface area contributed by atoms with Gasteiger partial charge < -0.3 is 10.6 Å². The molecule has 9 heteroatoms. The fraction of sp³-hybridized carbons (Fsp3) is 0.250. The normalized spacial score (nSPS) is 10.2. The summed E-state index contributed by atoms with van der Waals surface area (Å²) < 4.78 is 1.53. The molecule has 0 unspecified atom stereocenters. The van der Waals surface area contributed by atoms with Crippen LogP contribution in [-0.4, -0.2) is 32.1 Å². The lowest BCUT2D eigenvalue weighted by atomic mass is 10.2. The summed E-state index contributed by atoms with van der Waals surface area (Å²) in [5.74, 6) is -0.195. The molecular weight excluding hydrogens is 276 g/mol. The Balaban J connectivity index is 2.32. The summed E-state index contributed by atoms with van der Waals surface area (Å²) in [5, 5.41) is 20.3. The number of aromatic nitrogens is 3. The summed E-state index contributed by atoms with van der Waals surface area (Å²) in [6.07, 6.45) is 4.21. The van der Waals surface area contributed by atoms with Gasteiger partial charge >= 0.3 is 0 Å². The predicted octanol–water partition coefficient (Wildman–Crippen LogP) is 1.41. The molecule has 0 aliphatic rings. The van der Waals surface area contributed by atoms with Crippen LogP contribution >= 0.6 is 0 Å². The van der Waals surface area contributed by atoms with E-state index in [0.717, 1.165) is 6.20 Å². The Labute approximate surface area is 120 Å². The second-order valence-corrected chi connectivity index (χ2v) is 4.23. The molecule has 0 aliphatic carbocycles. The zero-order valence-corrected chi connectivity index (χ0v) is 11.5. The Hall–Kier alpha value is -2.97. The standard InChI is InChI=1S/C12H14N6O3/c1-3-13-11-10(4-9(6-14-11)18(20)21)12(19)16-8-5-15-17(2)7-8/h4-7H,3H2,1-2H3,(H,13,14)(H,16,19). The molecule has 0 fully saturated rings. The van der Waals surface area contributed by atoms with Crippen LogP contribution in [0.5, 0.6) is 0 Å². The summed E-state index contributed by atoms with van der Waals surface area (Å²) >= 11 is 0. The van der Waals surface area contributed by atoms with Crippen molar-refractivity contribution in [3.63, 3.8) is 0 Å². The van der Waals surface area contributed by atoms with Crippen molar-refractivity contribution in [3.8, 4) is 0 Å². The maximum Gasteiger partial charge on any atom is 0.288 e. The number of hydrogen-bond donors (Lipinski definition) is 2. The largest absolute Gasteiger partial charge is 0.370 e. The first-order valence-corrected chi connectivity index (χ1v) is 6.19. The molecule has 2 N–H and O–H groups in total. The molecule has 9 nitrogen and oxygen atoms in total. The van der Waals surface area contributed by atoms with Crippen LogP contribution in [0, 0.1) is 10.1 Å². The third-order valence-corrected chi connectivity index (χ3v) is 2.64. The summed E-state index contributed by atoms with van der Waals surface area (Å²) in [7, 11) is 1.72. The average Bonchev–Trinajstić information content (AvgIpc) is 2.84. The predicted molar refractivity (Wildman–Crippen MR) is 76.2 cm³/mol. The van der Waals surface area contributed by atoms with Crippen molar-refractivity contribution in [2.24, 2.45) is 7.05 Å². The first-order valence-electron chi connectivity index (χ1n) is 6.19. The van der Waals surface area contributed by atoms with E-state index in [2.05, 4.69) is 20.7 Å². The fourth-order valence-electron chi connectivity index (χ4n) is 1.72. The molecule has 1 amide bonds. The van der Waals surface area contributed by atoms with Gasteiger partial charge in [0.25, 0.3) is 11.6 Å². The summed E-state index contributed by atoms with van der Waals surface area (Å²) in [6, 6.07) is 1.19. The highest BCUT2D eigenvalue weighted by atomic mass is 16.6. The van der Waals surface area contributed by atoms with Gasteiger partial charge in [-0.15, -0.1) is 0 Å². The van der Waals surface area contributed by atoms with Gasteiger partial charge in [0.1, 0.15) is 12.0 Å². The number of hydrogen-bond acceptors (Lipinski definition) is 6. The number of pyridine rings is 1. The Bertz CT molecular complexity index is 681. The number of carbonyl (C=O) groups is 1. The highest BCUT2D eigenvalue weighted by Gasteiger charge is 2.18. The second kappa shape index (κ2) is 5.99. The van der Waals surface area contributed by atoms with Gasteiger partial charge in [0, 0.05) is 25.9 Å². The Morgan fingerprint density at radius 2 is 2.24 bits per heavy atom. The van der Waals surface area contributed by atoms with E-state index in [-0.39, 0.29) is 11.3 Å². The van der Waals surface area contributed by atoms with Gasteiger partial charge in [0.2, 0.25) is 0 Å². The van der Waals surface area contributed by atoms with Gasteiger partial charge in [-0.3, -0.25) is 19.6 Å². The molecule has 0 saturated carbocycles. The van der Waals surface area contributed by atoms with E-state index >= 15 is 0 Å². The minimum absolute atomic E-state index is 0.106. The zero-order chi connectivity index (χ0) is 15.4. The van der Waals surface area contributed by atoms with Crippen LogP contribution in [0.3, 0.4) is 0 Å². The molecule has 2 aromatic heterocycles.